The molecule has 0 unspecified atom stereocenters. The Labute approximate surface area is 129 Å². The first-order chi connectivity index (χ1) is 9.42. The van der Waals surface area contributed by atoms with Crippen molar-refractivity contribution in [1.29, 1.82) is 0 Å². The van der Waals surface area contributed by atoms with Gasteiger partial charge in [0.1, 0.15) is 8.07 Å². The van der Waals surface area contributed by atoms with Gasteiger partial charge in [-0.2, -0.15) is 0 Å². The third kappa shape index (κ3) is 7.19. The summed E-state index contributed by atoms with van der Waals surface area (Å²) in [5.41, 5.74) is 3.41. The molecule has 0 bridgehead atoms. The highest BCUT2D eigenvalue weighted by Gasteiger charge is 2.17. The summed E-state index contributed by atoms with van der Waals surface area (Å²) in [6, 6.07) is 10.3. The lowest BCUT2D eigenvalue weighted by molar-refractivity contribution is 0.133. The van der Waals surface area contributed by atoms with Gasteiger partial charge in [-0.3, -0.25) is 0 Å². The first kappa shape index (κ1) is 17.4. The van der Waals surface area contributed by atoms with Crippen LogP contribution in [0.5, 0.6) is 0 Å². The van der Waals surface area contributed by atoms with Crippen LogP contribution in [0.15, 0.2) is 35.2 Å². The van der Waals surface area contributed by atoms with Crippen molar-refractivity contribution >= 4 is 19.8 Å². The van der Waals surface area contributed by atoms with E-state index in [0.717, 1.165) is 18.6 Å². The van der Waals surface area contributed by atoms with Crippen LogP contribution >= 0.6 is 11.8 Å². The minimum absolute atomic E-state index is 0.0758. The van der Waals surface area contributed by atoms with Crippen LogP contribution in [0, 0.1) is 17.4 Å². The van der Waals surface area contributed by atoms with E-state index < -0.39 is 8.07 Å². The maximum absolute atomic E-state index is 10.3. The van der Waals surface area contributed by atoms with Crippen LogP contribution in [0.25, 0.3) is 0 Å². The van der Waals surface area contributed by atoms with Gasteiger partial charge >= 0.3 is 0 Å². The Hall–Kier alpha value is -0.693. The number of thioether (sulfide) groups is 1. The number of aliphatic hydroxyl groups excluding tert-OH is 1. The van der Waals surface area contributed by atoms with Crippen molar-refractivity contribution < 1.29 is 5.11 Å². The second-order valence-electron chi connectivity index (χ2n) is 6.11. The van der Waals surface area contributed by atoms with E-state index in [1.165, 1.54) is 4.90 Å². The number of aliphatic hydroxyl groups is 1. The summed E-state index contributed by atoms with van der Waals surface area (Å²) in [5, 5.41) is 10.3. The Morgan fingerprint density at radius 1 is 1.20 bits per heavy atom. The number of benzene rings is 1. The Balaban J connectivity index is 2.69. The molecule has 0 saturated heterocycles. The highest BCUT2D eigenvalue weighted by atomic mass is 32.2. The van der Waals surface area contributed by atoms with Gasteiger partial charge in [-0.15, -0.1) is 23.2 Å². The fourth-order valence-electron chi connectivity index (χ4n) is 1.76. The van der Waals surface area contributed by atoms with Gasteiger partial charge in [-0.1, -0.05) is 51.2 Å². The first-order valence-electron chi connectivity index (χ1n) is 7.31. The van der Waals surface area contributed by atoms with E-state index in [9.17, 15) is 5.11 Å². The molecule has 0 spiro atoms. The summed E-state index contributed by atoms with van der Waals surface area (Å²) in [6.07, 6.45) is 1.53. The molecule has 1 nitrogen and oxygen atoms in total. The molecule has 0 aromatic heterocycles. The molecule has 1 aromatic carbocycles. The van der Waals surface area contributed by atoms with Crippen LogP contribution in [0.2, 0.25) is 19.6 Å². The van der Waals surface area contributed by atoms with E-state index in [4.69, 9.17) is 0 Å². The molecule has 0 radical (unpaired) electrons. The molecule has 0 fully saturated rings. The largest absolute Gasteiger partial charge is 0.392 e. The van der Waals surface area contributed by atoms with Gasteiger partial charge < -0.3 is 5.11 Å². The van der Waals surface area contributed by atoms with Crippen molar-refractivity contribution in [2.24, 2.45) is 5.92 Å². The van der Waals surface area contributed by atoms with E-state index >= 15 is 0 Å². The van der Waals surface area contributed by atoms with Crippen LogP contribution in [-0.4, -0.2) is 25.0 Å². The second-order valence-corrected chi connectivity index (χ2v) is 11.9. The molecule has 0 aliphatic rings. The Morgan fingerprint density at radius 3 is 2.40 bits per heavy atom. The Bertz CT molecular complexity index is 442. The van der Waals surface area contributed by atoms with E-state index in [1.54, 1.807) is 11.8 Å². The van der Waals surface area contributed by atoms with Gasteiger partial charge in [-0.25, -0.2) is 0 Å². The smallest absolute Gasteiger partial charge is 0.129 e. The fraction of sp³-hybridized carbons (Fsp3) is 0.529. The van der Waals surface area contributed by atoms with Gasteiger partial charge in [0.25, 0.3) is 0 Å². The standard InChI is InChI=1S/C17H26OSSi/c1-5-9-17(18)15(12-13-20(2,3)4)14-19-16-10-7-6-8-11-16/h6-8,10-11,15,17-18H,5,9,14H2,1-4H3/t15-,17+/m1/s1. The molecule has 0 aliphatic carbocycles. The molecule has 0 saturated carbocycles. The molecule has 0 heterocycles. The molecule has 3 heteroatoms. The summed E-state index contributed by atoms with van der Waals surface area (Å²) in [4.78, 5) is 1.25. The van der Waals surface area contributed by atoms with Crippen molar-refractivity contribution in [3.63, 3.8) is 0 Å². The minimum Gasteiger partial charge on any atom is -0.392 e. The van der Waals surface area contributed by atoms with E-state index in [0.29, 0.717) is 0 Å². The summed E-state index contributed by atoms with van der Waals surface area (Å²) >= 11 is 1.79. The predicted molar refractivity (Wildman–Crippen MR) is 92.7 cm³/mol. The quantitative estimate of drug-likeness (QED) is 0.476. The molecule has 20 heavy (non-hydrogen) atoms. The minimum atomic E-state index is -1.38. The number of hydrogen-bond acceptors (Lipinski definition) is 2. The monoisotopic (exact) mass is 306 g/mol. The molecule has 0 amide bonds. The van der Waals surface area contributed by atoms with Gasteiger partial charge in [0, 0.05) is 10.6 Å². The highest BCUT2D eigenvalue weighted by molar-refractivity contribution is 7.99. The average molecular weight is 307 g/mol. The zero-order valence-corrected chi connectivity index (χ0v) is 14.8. The summed E-state index contributed by atoms with van der Waals surface area (Å²) < 4.78 is 0. The van der Waals surface area contributed by atoms with Crippen LogP contribution in [0.4, 0.5) is 0 Å². The maximum atomic E-state index is 10.3. The summed E-state index contributed by atoms with van der Waals surface area (Å²) in [6.45, 7) is 8.84. The van der Waals surface area contributed by atoms with Gasteiger partial charge in [0.05, 0.1) is 12.0 Å². The molecule has 110 valence electrons. The lowest BCUT2D eigenvalue weighted by Gasteiger charge is -2.18. The topological polar surface area (TPSA) is 20.2 Å². The SMILES string of the molecule is CCC[C@H](O)[C@H](C#C[Si](C)(C)C)CSc1ccccc1. The number of rotatable bonds is 6. The molecule has 2 atom stereocenters. The molecule has 1 aromatic rings. The Morgan fingerprint density at radius 2 is 1.85 bits per heavy atom. The summed E-state index contributed by atoms with van der Waals surface area (Å²) in [5.74, 6) is 4.29. The van der Waals surface area contributed by atoms with E-state index in [2.05, 4.69) is 50.2 Å². The van der Waals surface area contributed by atoms with Crippen LogP contribution in [0.1, 0.15) is 19.8 Å². The van der Waals surface area contributed by atoms with Crippen LogP contribution < -0.4 is 0 Å². The number of hydrogen-bond donors (Lipinski definition) is 1. The predicted octanol–water partition coefficient (Wildman–Crippen LogP) is 4.44. The third-order valence-corrected chi connectivity index (χ3v) is 4.88. The zero-order valence-electron chi connectivity index (χ0n) is 13.0. The lowest BCUT2D eigenvalue weighted by Crippen LogP contribution is -2.23. The average Bonchev–Trinajstić information content (AvgIpc) is 2.39. The van der Waals surface area contributed by atoms with Crippen molar-refractivity contribution in [3.05, 3.63) is 30.3 Å². The Kier molecular flexibility index (Phi) is 7.43. The molecular formula is C17H26OSSi. The van der Waals surface area contributed by atoms with Gasteiger partial charge in [-0.05, 0) is 18.6 Å². The fourth-order valence-corrected chi connectivity index (χ4v) is 3.40. The van der Waals surface area contributed by atoms with Gasteiger partial charge in [0.15, 0.2) is 0 Å². The molecule has 0 aliphatic heterocycles. The van der Waals surface area contributed by atoms with Crippen molar-refractivity contribution in [3.8, 4) is 11.5 Å². The van der Waals surface area contributed by atoms with Crippen LogP contribution in [-0.2, 0) is 0 Å². The second kappa shape index (κ2) is 8.56. The molecular weight excluding hydrogens is 280 g/mol. The zero-order chi connectivity index (χ0) is 15.0. The van der Waals surface area contributed by atoms with E-state index in [1.807, 2.05) is 18.2 Å². The summed E-state index contributed by atoms with van der Waals surface area (Å²) in [7, 11) is -1.38. The molecule has 1 rings (SSSR count). The van der Waals surface area contributed by atoms with Crippen LogP contribution in [0.3, 0.4) is 0 Å². The van der Waals surface area contributed by atoms with Crippen molar-refractivity contribution in [2.75, 3.05) is 5.75 Å². The van der Waals surface area contributed by atoms with Crippen molar-refractivity contribution in [2.45, 2.75) is 50.4 Å². The van der Waals surface area contributed by atoms with Gasteiger partial charge in [0.2, 0.25) is 0 Å². The van der Waals surface area contributed by atoms with Crippen molar-refractivity contribution in [1.82, 2.24) is 0 Å². The molecule has 1 N–H and O–H groups in total. The van der Waals surface area contributed by atoms with E-state index in [-0.39, 0.29) is 12.0 Å². The normalized spacial score (nSPS) is 14.2. The lowest BCUT2D eigenvalue weighted by atomic mass is 10.0. The highest BCUT2D eigenvalue weighted by Crippen LogP contribution is 2.23. The maximum Gasteiger partial charge on any atom is 0.129 e. The first-order valence-corrected chi connectivity index (χ1v) is 11.8. The third-order valence-electron chi connectivity index (χ3n) is 2.85.